The maximum Gasteiger partial charge on any atom is 0.410 e. The number of benzene rings is 1. The van der Waals surface area contributed by atoms with E-state index in [2.05, 4.69) is 0 Å². The quantitative estimate of drug-likeness (QED) is 0.899. The molecule has 1 atom stereocenters. The highest BCUT2D eigenvalue weighted by molar-refractivity contribution is 5.85. The van der Waals surface area contributed by atoms with Crippen molar-refractivity contribution in [2.45, 2.75) is 32.4 Å². The molecule has 23 heavy (non-hydrogen) atoms. The molecule has 0 radical (unpaired) electrons. The van der Waals surface area contributed by atoms with Crippen molar-refractivity contribution >= 4 is 17.7 Å². The lowest BCUT2D eigenvalue weighted by molar-refractivity contribution is -0.120. The number of carbonyl (C=O) groups excluding carboxylic acids is 2. The first-order valence-electron chi connectivity index (χ1n) is 7.47. The van der Waals surface area contributed by atoms with Crippen LogP contribution in [-0.2, 0) is 9.53 Å². The second-order valence-corrected chi connectivity index (χ2v) is 6.51. The molecule has 7 heteroatoms. The van der Waals surface area contributed by atoms with Crippen LogP contribution in [-0.4, -0.2) is 48.2 Å². The summed E-state index contributed by atoms with van der Waals surface area (Å²) in [7, 11) is 0. The van der Waals surface area contributed by atoms with Crippen LogP contribution in [0.25, 0.3) is 0 Å². The molecule has 2 N–H and O–H groups in total. The highest BCUT2D eigenvalue weighted by Gasteiger charge is 2.35. The fourth-order valence-corrected chi connectivity index (χ4v) is 2.46. The first kappa shape index (κ1) is 17.1. The van der Waals surface area contributed by atoms with Gasteiger partial charge >= 0.3 is 6.09 Å². The second-order valence-electron chi connectivity index (χ2n) is 6.51. The summed E-state index contributed by atoms with van der Waals surface area (Å²) in [5, 5.41) is 0. The highest BCUT2D eigenvalue weighted by atomic mass is 19.1. The standard InChI is InChI=1S/C16H22FN3O3/c1-16(2,3)23-15(22)19-8-9-20(13(10-19)14(18)21)12-6-4-11(17)5-7-12/h4-7,13H,8-10H2,1-3H3,(H2,18,21). The number of ether oxygens (including phenoxy) is 1. The minimum absolute atomic E-state index is 0.140. The van der Waals surface area contributed by atoms with Crippen LogP contribution in [0.4, 0.5) is 14.9 Å². The van der Waals surface area contributed by atoms with Gasteiger partial charge in [-0.1, -0.05) is 0 Å². The summed E-state index contributed by atoms with van der Waals surface area (Å²) in [6, 6.07) is 5.16. The lowest BCUT2D eigenvalue weighted by Gasteiger charge is -2.41. The largest absolute Gasteiger partial charge is 0.444 e. The summed E-state index contributed by atoms with van der Waals surface area (Å²) >= 11 is 0. The summed E-state index contributed by atoms with van der Waals surface area (Å²) in [5.74, 6) is -0.889. The molecular weight excluding hydrogens is 301 g/mol. The van der Waals surface area contributed by atoms with Crippen LogP contribution in [0.5, 0.6) is 0 Å². The molecular formula is C16H22FN3O3. The molecule has 1 aliphatic heterocycles. The average Bonchev–Trinajstić information content (AvgIpc) is 2.45. The van der Waals surface area contributed by atoms with Crippen molar-refractivity contribution in [1.29, 1.82) is 0 Å². The van der Waals surface area contributed by atoms with Crippen LogP contribution in [0.2, 0.25) is 0 Å². The predicted octanol–water partition coefficient (Wildman–Crippen LogP) is 1.74. The number of hydrogen-bond acceptors (Lipinski definition) is 4. The van der Waals surface area contributed by atoms with Crippen molar-refractivity contribution < 1.29 is 18.7 Å². The minimum Gasteiger partial charge on any atom is -0.444 e. The Labute approximate surface area is 135 Å². The van der Waals surface area contributed by atoms with E-state index in [9.17, 15) is 14.0 Å². The molecule has 0 spiro atoms. The zero-order valence-electron chi connectivity index (χ0n) is 13.6. The van der Waals surface area contributed by atoms with Gasteiger partial charge in [-0.2, -0.15) is 0 Å². The van der Waals surface area contributed by atoms with Gasteiger partial charge < -0.3 is 20.3 Å². The van der Waals surface area contributed by atoms with E-state index in [0.29, 0.717) is 18.8 Å². The molecule has 0 aliphatic carbocycles. The molecule has 1 aromatic carbocycles. The second kappa shape index (κ2) is 6.44. The smallest absolute Gasteiger partial charge is 0.410 e. The number of carbonyl (C=O) groups is 2. The number of amides is 2. The van der Waals surface area contributed by atoms with Gasteiger partial charge in [0, 0.05) is 18.8 Å². The van der Waals surface area contributed by atoms with E-state index in [1.54, 1.807) is 37.8 Å². The average molecular weight is 323 g/mol. The van der Waals surface area contributed by atoms with Crippen molar-refractivity contribution in [3.05, 3.63) is 30.1 Å². The highest BCUT2D eigenvalue weighted by Crippen LogP contribution is 2.22. The van der Waals surface area contributed by atoms with Crippen molar-refractivity contribution in [1.82, 2.24) is 4.90 Å². The molecule has 1 heterocycles. The van der Waals surface area contributed by atoms with Gasteiger partial charge in [0.05, 0.1) is 6.54 Å². The Morgan fingerprint density at radius 3 is 2.35 bits per heavy atom. The zero-order valence-corrected chi connectivity index (χ0v) is 13.6. The van der Waals surface area contributed by atoms with Crippen LogP contribution < -0.4 is 10.6 Å². The normalized spacial score (nSPS) is 18.7. The van der Waals surface area contributed by atoms with Gasteiger partial charge in [-0.25, -0.2) is 9.18 Å². The molecule has 6 nitrogen and oxygen atoms in total. The molecule has 0 bridgehead atoms. The molecule has 0 aromatic heterocycles. The number of anilines is 1. The monoisotopic (exact) mass is 323 g/mol. The van der Waals surface area contributed by atoms with Crippen LogP contribution in [0, 0.1) is 5.82 Å². The number of nitrogens with zero attached hydrogens (tertiary/aromatic N) is 2. The lowest BCUT2D eigenvalue weighted by atomic mass is 10.1. The Balaban J connectivity index is 2.13. The molecule has 126 valence electrons. The van der Waals surface area contributed by atoms with E-state index >= 15 is 0 Å². The summed E-state index contributed by atoms with van der Waals surface area (Å²) in [5.41, 5.74) is 5.57. The van der Waals surface area contributed by atoms with Crippen LogP contribution in [0.15, 0.2) is 24.3 Å². The van der Waals surface area contributed by atoms with Gasteiger partial charge in [0.1, 0.15) is 17.5 Å². The van der Waals surface area contributed by atoms with Crippen molar-refractivity contribution in [3.8, 4) is 0 Å². The Hall–Kier alpha value is -2.31. The van der Waals surface area contributed by atoms with Crippen LogP contribution in [0.3, 0.4) is 0 Å². The fraction of sp³-hybridized carbons (Fsp3) is 0.500. The third-order valence-electron chi connectivity index (χ3n) is 3.52. The SMILES string of the molecule is CC(C)(C)OC(=O)N1CCN(c2ccc(F)cc2)C(C(N)=O)C1. The number of piperazine rings is 1. The van der Waals surface area contributed by atoms with Crippen LogP contribution in [0.1, 0.15) is 20.8 Å². The molecule has 1 aromatic rings. The summed E-state index contributed by atoms with van der Waals surface area (Å²) in [6.07, 6.45) is -0.470. The van der Waals surface area contributed by atoms with E-state index in [4.69, 9.17) is 10.5 Å². The van der Waals surface area contributed by atoms with Gasteiger partial charge in [-0.15, -0.1) is 0 Å². The summed E-state index contributed by atoms with van der Waals surface area (Å²) < 4.78 is 18.4. The number of primary amides is 1. The maximum atomic E-state index is 13.1. The molecule has 0 saturated carbocycles. The van der Waals surface area contributed by atoms with Crippen molar-refractivity contribution in [2.75, 3.05) is 24.5 Å². The lowest BCUT2D eigenvalue weighted by Crippen LogP contribution is -2.60. The molecule has 2 amide bonds. The third kappa shape index (κ3) is 4.34. The van der Waals surface area contributed by atoms with E-state index in [0.717, 1.165) is 0 Å². The predicted molar refractivity (Wildman–Crippen MR) is 84.5 cm³/mol. The van der Waals surface area contributed by atoms with Gasteiger partial charge in [-0.05, 0) is 45.0 Å². The number of halogens is 1. The molecule has 2 rings (SSSR count). The van der Waals surface area contributed by atoms with E-state index in [1.165, 1.54) is 17.0 Å². The fourth-order valence-electron chi connectivity index (χ4n) is 2.46. The van der Waals surface area contributed by atoms with Gasteiger partial charge in [-0.3, -0.25) is 4.79 Å². The summed E-state index contributed by atoms with van der Waals surface area (Å²) in [4.78, 5) is 27.2. The Bertz CT molecular complexity index is 583. The molecule has 1 saturated heterocycles. The zero-order chi connectivity index (χ0) is 17.2. The number of hydrogen-bond donors (Lipinski definition) is 1. The Morgan fingerprint density at radius 2 is 1.83 bits per heavy atom. The number of nitrogens with two attached hydrogens (primary N) is 1. The summed E-state index contributed by atoms with van der Waals surface area (Å²) in [6.45, 7) is 6.30. The number of rotatable bonds is 2. The first-order chi connectivity index (χ1) is 10.7. The van der Waals surface area contributed by atoms with E-state index < -0.39 is 23.6 Å². The third-order valence-corrected chi connectivity index (χ3v) is 3.52. The minimum atomic E-state index is -0.679. The Kier molecular flexibility index (Phi) is 4.77. The maximum absolute atomic E-state index is 13.1. The topological polar surface area (TPSA) is 75.9 Å². The first-order valence-corrected chi connectivity index (χ1v) is 7.47. The van der Waals surface area contributed by atoms with Crippen LogP contribution >= 0.6 is 0 Å². The van der Waals surface area contributed by atoms with E-state index in [-0.39, 0.29) is 12.4 Å². The van der Waals surface area contributed by atoms with E-state index in [1.807, 2.05) is 0 Å². The van der Waals surface area contributed by atoms with Gasteiger partial charge in [0.15, 0.2) is 0 Å². The Morgan fingerprint density at radius 1 is 1.22 bits per heavy atom. The molecule has 1 unspecified atom stereocenters. The van der Waals surface area contributed by atoms with Gasteiger partial charge in [0.2, 0.25) is 5.91 Å². The molecule has 1 aliphatic rings. The van der Waals surface area contributed by atoms with Crippen molar-refractivity contribution in [2.24, 2.45) is 5.73 Å². The van der Waals surface area contributed by atoms with Gasteiger partial charge in [0.25, 0.3) is 0 Å². The van der Waals surface area contributed by atoms with Crippen molar-refractivity contribution in [3.63, 3.8) is 0 Å². The molecule has 1 fully saturated rings.